The van der Waals surface area contributed by atoms with Crippen molar-refractivity contribution in [2.75, 3.05) is 0 Å². The minimum atomic E-state index is -0.229. The normalized spacial score (nSPS) is 18.7. The Labute approximate surface area is 105 Å². The molecule has 4 nitrogen and oxygen atoms in total. The van der Waals surface area contributed by atoms with Gasteiger partial charge in [0.25, 0.3) is 0 Å². The first-order chi connectivity index (χ1) is 8.72. The van der Waals surface area contributed by atoms with Gasteiger partial charge in [-0.3, -0.25) is 0 Å². The summed E-state index contributed by atoms with van der Waals surface area (Å²) in [5.41, 5.74) is 6.86. The van der Waals surface area contributed by atoms with E-state index in [-0.39, 0.29) is 12.0 Å². The minimum absolute atomic E-state index is 0.0671. The van der Waals surface area contributed by atoms with Crippen molar-refractivity contribution in [3.63, 3.8) is 0 Å². The molecule has 0 radical (unpaired) electrons. The van der Waals surface area contributed by atoms with E-state index in [0.717, 1.165) is 30.7 Å². The van der Waals surface area contributed by atoms with Crippen LogP contribution in [0.15, 0.2) is 24.3 Å². The molecule has 0 amide bonds. The highest BCUT2D eigenvalue weighted by molar-refractivity contribution is 5.20. The summed E-state index contributed by atoms with van der Waals surface area (Å²) in [4.78, 5) is 4.48. The molecular formula is C13H15FN4. The van der Waals surface area contributed by atoms with Gasteiger partial charge in [0, 0.05) is 12.8 Å². The summed E-state index contributed by atoms with van der Waals surface area (Å²) in [5, 5.41) is 4.41. The molecule has 0 bridgehead atoms. The summed E-state index contributed by atoms with van der Waals surface area (Å²) in [7, 11) is 0. The summed E-state index contributed by atoms with van der Waals surface area (Å²) in [6, 6.07) is 6.53. The molecule has 1 aliphatic heterocycles. The van der Waals surface area contributed by atoms with E-state index in [1.807, 2.05) is 6.07 Å². The SMILES string of the molecule is NC1CCCc2nc(Cc3cccc(F)c3)nn21. The number of aromatic nitrogens is 3. The van der Waals surface area contributed by atoms with E-state index in [1.165, 1.54) is 12.1 Å². The number of nitrogens with two attached hydrogens (primary N) is 1. The van der Waals surface area contributed by atoms with Crippen LogP contribution in [0.3, 0.4) is 0 Å². The highest BCUT2D eigenvalue weighted by Gasteiger charge is 2.19. The maximum atomic E-state index is 13.1. The van der Waals surface area contributed by atoms with E-state index in [1.54, 1.807) is 10.7 Å². The Hall–Kier alpha value is -1.75. The standard InChI is InChI=1S/C13H15FN4/c14-10-4-1-3-9(7-10)8-12-16-13-6-2-5-11(15)18(13)17-12/h1,3-4,7,11H,2,5-6,8,15H2. The van der Waals surface area contributed by atoms with Gasteiger partial charge in [0.05, 0.1) is 0 Å². The van der Waals surface area contributed by atoms with Gasteiger partial charge in [0.15, 0.2) is 5.82 Å². The fraction of sp³-hybridized carbons (Fsp3) is 0.385. The molecule has 5 heteroatoms. The van der Waals surface area contributed by atoms with Crippen LogP contribution in [0, 0.1) is 5.82 Å². The second kappa shape index (κ2) is 4.49. The van der Waals surface area contributed by atoms with Gasteiger partial charge in [0.2, 0.25) is 0 Å². The summed E-state index contributed by atoms with van der Waals surface area (Å²) in [6.45, 7) is 0. The number of aryl methyl sites for hydroxylation is 1. The molecule has 2 aromatic rings. The van der Waals surface area contributed by atoms with Crippen LogP contribution < -0.4 is 5.73 Å². The Kier molecular flexibility index (Phi) is 2.83. The predicted molar refractivity (Wildman–Crippen MR) is 65.4 cm³/mol. The van der Waals surface area contributed by atoms with Crippen LogP contribution in [0.25, 0.3) is 0 Å². The first kappa shape index (κ1) is 11.3. The van der Waals surface area contributed by atoms with Crippen molar-refractivity contribution in [3.05, 3.63) is 47.3 Å². The van der Waals surface area contributed by atoms with Gasteiger partial charge in [-0.25, -0.2) is 14.1 Å². The zero-order chi connectivity index (χ0) is 12.5. The number of rotatable bonds is 2. The highest BCUT2D eigenvalue weighted by atomic mass is 19.1. The lowest BCUT2D eigenvalue weighted by molar-refractivity contribution is 0.371. The molecule has 0 spiro atoms. The monoisotopic (exact) mass is 246 g/mol. The molecule has 94 valence electrons. The van der Waals surface area contributed by atoms with Crippen molar-refractivity contribution in [2.45, 2.75) is 31.8 Å². The van der Waals surface area contributed by atoms with Crippen LogP contribution in [-0.2, 0) is 12.8 Å². The molecule has 0 aliphatic carbocycles. The first-order valence-corrected chi connectivity index (χ1v) is 6.17. The number of hydrogen-bond acceptors (Lipinski definition) is 3. The quantitative estimate of drug-likeness (QED) is 0.879. The largest absolute Gasteiger partial charge is 0.310 e. The Bertz CT molecular complexity index is 564. The fourth-order valence-electron chi connectivity index (χ4n) is 2.34. The van der Waals surface area contributed by atoms with Crippen molar-refractivity contribution in [3.8, 4) is 0 Å². The molecule has 1 unspecified atom stereocenters. The third kappa shape index (κ3) is 2.13. The van der Waals surface area contributed by atoms with Gasteiger partial charge in [-0.15, -0.1) is 0 Å². The molecule has 1 aromatic carbocycles. The molecule has 0 fully saturated rings. The molecule has 2 heterocycles. The summed E-state index contributed by atoms with van der Waals surface area (Å²) < 4.78 is 14.9. The smallest absolute Gasteiger partial charge is 0.155 e. The van der Waals surface area contributed by atoms with Crippen LogP contribution in [0.1, 0.15) is 36.2 Å². The fourth-order valence-corrected chi connectivity index (χ4v) is 2.34. The number of benzene rings is 1. The lowest BCUT2D eigenvalue weighted by Gasteiger charge is -2.18. The van der Waals surface area contributed by atoms with Gasteiger partial charge >= 0.3 is 0 Å². The Morgan fingerprint density at radius 3 is 3.11 bits per heavy atom. The third-order valence-electron chi connectivity index (χ3n) is 3.21. The number of hydrogen-bond donors (Lipinski definition) is 1. The molecule has 0 saturated heterocycles. The highest BCUT2D eigenvalue weighted by Crippen LogP contribution is 2.19. The van der Waals surface area contributed by atoms with Gasteiger partial charge in [0.1, 0.15) is 17.8 Å². The average molecular weight is 246 g/mol. The van der Waals surface area contributed by atoms with Gasteiger partial charge in [-0.1, -0.05) is 12.1 Å². The van der Waals surface area contributed by atoms with Gasteiger partial charge in [-0.05, 0) is 30.5 Å². The maximum absolute atomic E-state index is 13.1. The molecule has 3 rings (SSSR count). The topological polar surface area (TPSA) is 56.7 Å². The van der Waals surface area contributed by atoms with E-state index in [9.17, 15) is 4.39 Å². The zero-order valence-electron chi connectivity index (χ0n) is 10.0. The molecule has 1 atom stereocenters. The van der Waals surface area contributed by atoms with Crippen LogP contribution in [0.4, 0.5) is 4.39 Å². The molecule has 2 N–H and O–H groups in total. The minimum Gasteiger partial charge on any atom is -0.310 e. The molecule has 1 aliphatic rings. The van der Waals surface area contributed by atoms with E-state index in [2.05, 4.69) is 10.1 Å². The Morgan fingerprint density at radius 1 is 1.44 bits per heavy atom. The maximum Gasteiger partial charge on any atom is 0.155 e. The van der Waals surface area contributed by atoms with E-state index in [0.29, 0.717) is 12.2 Å². The van der Waals surface area contributed by atoms with Gasteiger partial charge in [-0.2, -0.15) is 5.10 Å². The number of halogens is 1. The Balaban J connectivity index is 1.85. The van der Waals surface area contributed by atoms with E-state index in [4.69, 9.17) is 5.73 Å². The third-order valence-corrected chi connectivity index (χ3v) is 3.21. The number of nitrogens with zero attached hydrogens (tertiary/aromatic N) is 3. The van der Waals surface area contributed by atoms with Crippen molar-refractivity contribution < 1.29 is 4.39 Å². The van der Waals surface area contributed by atoms with Crippen LogP contribution in [-0.4, -0.2) is 14.8 Å². The van der Waals surface area contributed by atoms with Crippen LogP contribution >= 0.6 is 0 Å². The lowest BCUT2D eigenvalue weighted by atomic mass is 10.1. The lowest BCUT2D eigenvalue weighted by Crippen LogP contribution is -2.25. The summed E-state index contributed by atoms with van der Waals surface area (Å²) in [6.07, 6.45) is 3.39. The van der Waals surface area contributed by atoms with E-state index < -0.39 is 0 Å². The molecule has 18 heavy (non-hydrogen) atoms. The van der Waals surface area contributed by atoms with Crippen molar-refractivity contribution >= 4 is 0 Å². The van der Waals surface area contributed by atoms with E-state index >= 15 is 0 Å². The predicted octanol–water partition coefficient (Wildman–Crippen LogP) is 1.80. The van der Waals surface area contributed by atoms with Crippen molar-refractivity contribution in [1.29, 1.82) is 0 Å². The molecule has 0 saturated carbocycles. The summed E-state index contributed by atoms with van der Waals surface area (Å²) >= 11 is 0. The first-order valence-electron chi connectivity index (χ1n) is 6.17. The Morgan fingerprint density at radius 2 is 2.33 bits per heavy atom. The number of fused-ring (bicyclic) bond motifs is 1. The molecular weight excluding hydrogens is 231 g/mol. The zero-order valence-corrected chi connectivity index (χ0v) is 10.0. The second-order valence-electron chi connectivity index (χ2n) is 4.66. The van der Waals surface area contributed by atoms with Crippen molar-refractivity contribution in [2.24, 2.45) is 5.73 Å². The van der Waals surface area contributed by atoms with Crippen LogP contribution in [0.2, 0.25) is 0 Å². The second-order valence-corrected chi connectivity index (χ2v) is 4.66. The summed E-state index contributed by atoms with van der Waals surface area (Å²) in [5.74, 6) is 1.43. The van der Waals surface area contributed by atoms with Crippen molar-refractivity contribution in [1.82, 2.24) is 14.8 Å². The van der Waals surface area contributed by atoms with Gasteiger partial charge < -0.3 is 5.73 Å². The average Bonchev–Trinajstić information content (AvgIpc) is 2.73. The van der Waals surface area contributed by atoms with Crippen LogP contribution in [0.5, 0.6) is 0 Å². The molecule has 1 aromatic heterocycles.